The Morgan fingerprint density at radius 1 is 1.60 bits per heavy atom. The van der Waals surface area contributed by atoms with Crippen molar-refractivity contribution in [1.82, 2.24) is 0 Å². The third-order valence-electron chi connectivity index (χ3n) is 0.558. The summed E-state index contributed by atoms with van der Waals surface area (Å²) in [6.45, 7) is 2.22. The Morgan fingerprint density at radius 3 is 2.20 bits per heavy atom. The van der Waals surface area contributed by atoms with Crippen LogP contribution in [0.2, 0.25) is 5.21 Å². The van der Waals surface area contributed by atoms with Gasteiger partial charge in [-0.05, 0) is 0 Å². The Labute approximate surface area is 42.5 Å². The van der Waals surface area contributed by atoms with E-state index in [2.05, 4.69) is 6.92 Å². The molecule has 0 saturated heterocycles. The van der Waals surface area contributed by atoms with Crippen molar-refractivity contribution in [2.24, 2.45) is 0 Å². The van der Waals surface area contributed by atoms with Gasteiger partial charge < -0.3 is 0 Å². The van der Waals surface area contributed by atoms with E-state index in [1.165, 1.54) is 18.1 Å². The summed E-state index contributed by atoms with van der Waals surface area (Å²) in [5.41, 5.74) is 0. The van der Waals surface area contributed by atoms with Crippen LogP contribution in [0.3, 0.4) is 0 Å². The SMILES string of the molecule is CCCC[AsH2]. The first-order valence-electron chi connectivity index (χ1n) is 2.12. The molecule has 1 atom stereocenters. The van der Waals surface area contributed by atoms with Crippen molar-refractivity contribution in [3.8, 4) is 0 Å². The monoisotopic (exact) mass is 134 g/mol. The summed E-state index contributed by atoms with van der Waals surface area (Å²) in [4.78, 5) is 0. The van der Waals surface area contributed by atoms with Crippen molar-refractivity contribution in [2.45, 2.75) is 25.0 Å². The van der Waals surface area contributed by atoms with Crippen molar-refractivity contribution in [2.75, 3.05) is 0 Å². The van der Waals surface area contributed by atoms with E-state index in [-0.39, 0.29) is 0 Å². The fourth-order valence-electron chi connectivity index (χ4n) is 0.204. The van der Waals surface area contributed by atoms with E-state index in [1.807, 2.05) is 16.9 Å². The van der Waals surface area contributed by atoms with E-state index in [4.69, 9.17) is 0 Å². The zero-order valence-electron chi connectivity index (χ0n) is 3.70. The summed E-state index contributed by atoms with van der Waals surface area (Å²) in [6.07, 6.45) is 2.78. The van der Waals surface area contributed by atoms with E-state index in [0.29, 0.717) is 0 Å². The van der Waals surface area contributed by atoms with Crippen molar-refractivity contribution < 1.29 is 0 Å². The third-order valence-corrected chi connectivity index (χ3v) is 1.41. The molecule has 0 nitrogen and oxygen atoms in total. The van der Waals surface area contributed by atoms with Crippen LogP contribution in [0.15, 0.2) is 0 Å². The molecular formula is C4H11As. The van der Waals surface area contributed by atoms with E-state index in [0.717, 1.165) is 0 Å². The molecule has 32 valence electrons. The van der Waals surface area contributed by atoms with E-state index in [9.17, 15) is 0 Å². The molecule has 0 N–H and O–H groups in total. The Hall–Kier alpha value is 0.558. The molecule has 0 saturated carbocycles. The van der Waals surface area contributed by atoms with Crippen molar-refractivity contribution in [3.05, 3.63) is 0 Å². The zero-order chi connectivity index (χ0) is 4.12. The molecule has 0 bridgehead atoms. The fourth-order valence-corrected chi connectivity index (χ4v) is 1.06. The van der Waals surface area contributed by atoms with Gasteiger partial charge in [-0.1, -0.05) is 0 Å². The van der Waals surface area contributed by atoms with Crippen LogP contribution in [-0.4, -0.2) is 16.9 Å². The van der Waals surface area contributed by atoms with Crippen LogP contribution < -0.4 is 0 Å². The van der Waals surface area contributed by atoms with Gasteiger partial charge in [-0.15, -0.1) is 0 Å². The fraction of sp³-hybridized carbons (Fsp3) is 1.00. The van der Waals surface area contributed by atoms with Crippen LogP contribution >= 0.6 is 0 Å². The third kappa shape index (κ3) is 4.56. The van der Waals surface area contributed by atoms with Crippen molar-refractivity contribution >= 4 is 16.9 Å². The minimum absolute atomic E-state index is 1.36. The molecule has 0 spiro atoms. The summed E-state index contributed by atoms with van der Waals surface area (Å²) in [6, 6.07) is 0. The molecule has 0 aliphatic carbocycles. The summed E-state index contributed by atoms with van der Waals surface area (Å²) in [5, 5.41) is 1.41. The number of unbranched alkanes of at least 4 members (excludes halogenated alkanes) is 1. The van der Waals surface area contributed by atoms with Gasteiger partial charge in [0.25, 0.3) is 0 Å². The van der Waals surface area contributed by atoms with Gasteiger partial charge in [-0.25, -0.2) is 0 Å². The summed E-state index contributed by atoms with van der Waals surface area (Å²) in [5.74, 6) is 0. The topological polar surface area (TPSA) is 0 Å². The minimum atomic E-state index is 1.36. The van der Waals surface area contributed by atoms with E-state index < -0.39 is 0 Å². The molecule has 5 heavy (non-hydrogen) atoms. The molecule has 0 fully saturated rings. The van der Waals surface area contributed by atoms with Gasteiger partial charge in [-0.3, -0.25) is 0 Å². The van der Waals surface area contributed by atoms with Gasteiger partial charge >= 0.3 is 41.8 Å². The first kappa shape index (κ1) is 5.56. The van der Waals surface area contributed by atoms with Crippen LogP contribution in [-0.2, 0) is 0 Å². The van der Waals surface area contributed by atoms with Gasteiger partial charge in [0.05, 0.1) is 0 Å². The van der Waals surface area contributed by atoms with Crippen molar-refractivity contribution in [1.29, 1.82) is 0 Å². The molecular weight excluding hydrogens is 123 g/mol. The molecule has 0 aromatic carbocycles. The van der Waals surface area contributed by atoms with Crippen LogP contribution in [0.5, 0.6) is 0 Å². The number of hydrogen-bond acceptors (Lipinski definition) is 0. The Bertz CT molecular complexity index is 11.1. The summed E-state index contributed by atoms with van der Waals surface area (Å²) < 4.78 is 0. The molecule has 0 rings (SSSR count). The van der Waals surface area contributed by atoms with Gasteiger partial charge in [0.1, 0.15) is 0 Å². The molecule has 1 unspecified atom stereocenters. The van der Waals surface area contributed by atoms with E-state index in [1.54, 1.807) is 0 Å². The molecule has 0 aromatic rings. The predicted molar refractivity (Wildman–Crippen MR) is 28.3 cm³/mol. The van der Waals surface area contributed by atoms with Crippen LogP contribution in [0.1, 0.15) is 19.8 Å². The molecule has 0 radical (unpaired) electrons. The summed E-state index contributed by atoms with van der Waals surface area (Å²) >= 11 is 1.85. The standard InChI is InChI=1S/C4H11As/c1-2-3-4-5/h2-5H2,1H3. The molecule has 0 amide bonds. The molecule has 0 heterocycles. The number of rotatable bonds is 2. The van der Waals surface area contributed by atoms with Gasteiger partial charge in [0.15, 0.2) is 0 Å². The van der Waals surface area contributed by atoms with Crippen LogP contribution in [0, 0.1) is 0 Å². The first-order chi connectivity index (χ1) is 2.41. The Kier molecular flexibility index (Phi) is 5.07. The average molecular weight is 134 g/mol. The van der Waals surface area contributed by atoms with Gasteiger partial charge in [0.2, 0.25) is 0 Å². The van der Waals surface area contributed by atoms with Crippen LogP contribution in [0.4, 0.5) is 0 Å². The van der Waals surface area contributed by atoms with E-state index >= 15 is 0 Å². The first-order valence-corrected chi connectivity index (χ1v) is 3.83. The number of hydrogen-bond donors (Lipinski definition) is 0. The molecule has 0 aliphatic heterocycles. The van der Waals surface area contributed by atoms with Gasteiger partial charge in [-0.2, -0.15) is 0 Å². The maximum absolute atomic E-state index is 2.22. The predicted octanol–water partition coefficient (Wildman–Crippen LogP) is 0.838. The van der Waals surface area contributed by atoms with Gasteiger partial charge in [0, 0.05) is 0 Å². The second kappa shape index (κ2) is 4.56. The van der Waals surface area contributed by atoms with Crippen LogP contribution in [0.25, 0.3) is 0 Å². The average Bonchev–Trinajstić information content (AvgIpc) is 1.41. The quantitative estimate of drug-likeness (QED) is 0.491. The summed E-state index contributed by atoms with van der Waals surface area (Å²) in [7, 11) is 0. The molecule has 1 heteroatoms. The normalized spacial score (nSPS) is 8.40. The Morgan fingerprint density at radius 2 is 2.20 bits per heavy atom. The molecule has 0 aliphatic rings. The maximum atomic E-state index is 2.22. The second-order valence-corrected chi connectivity index (χ2v) is 2.35. The Balaban J connectivity index is 2.19. The second-order valence-electron chi connectivity index (χ2n) is 1.14. The zero-order valence-corrected chi connectivity index (χ0v) is 6.12. The molecule has 0 aromatic heterocycles. The van der Waals surface area contributed by atoms with Crippen molar-refractivity contribution in [3.63, 3.8) is 0 Å².